The molecule has 0 spiro atoms. The van der Waals surface area contributed by atoms with Gasteiger partial charge in [0, 0.05) is 0 Å². The molecule has 0 saturated carbocycles. The number of aldehydes is 1. The summed E-state index contributed by atoms with van der Waals surface area (Å²) in [5.74, 6) is 0.157. The van der Waals surface area contributed by atoms with Gasteiger partial charge in [-0.25, -0.2) is 0 Å². The molecule has 0 fully saturated rings. The molecule has 0 aliphatic rings. The van der Waals surface area contributed by atoms with Gasteiger partial charge in [0.15, 0.2) is 6.29 Å². The molecule has 0 saturated heterocycles. The molecule has 1 heterocycles. The standard InChI is InChI=1S/C5H5NO3/c1-8-5-4(3-7)2-6-9-5/h2-3H,1H3. The summed E-state index contributed by atoms with van der Waals surface area (Å²) in [7, 11) is 1.41. The van der Waals surface area contributed by atoms with Gasteiger partial charge in [-0.1, -0.05) is 5.16 Å². The Hall–Kier alpha value is -1.32. The first kappa shape index (κ1) is 5.81. The molecule has 0 unspecified atom stereocenters. The van der Waals surface area contributed by atoms with Crippen LogP contribution in [0.1, 0.15) is 10.4 Å². The van der Waals surface area contributed by atoms with Crippen molar-refractivity contribution in [2.24, 2.45) is 0 Å². The van der Waals surface area contributed by atoms with E-state index in [1.54, 1.807) is 0 Å². The minimum atomic E-state index is 0.157. The highest BCUT2D eigenvalue weighted by Gasteiger charge is 2.04. The van der Waals surface area contributed by atoms with Crippen molar-refractivity contribution in [1.29, 1.82) is 0 Å². The molecule has 4 nitrogen and oxygen atoms in total. The Balaban J connectivity index is 2.98. The van der Waals surface area contributed by atoms with E-state index >= 15 is 0 Å². The summed E-state index contributed by atoms with van der Waals surface area (Å²) in [5.41, 5.74) is 0.331. The van der Waals surface area contributed by atoms with Crippen LogP contribution in [-0.4, -0.2) is 18.6 Å². The fourth-order valence-corrected chi connectivity index (χ4v) is 0.470. The second-order valence-electron chi connectivity index (χ2n) is 1.39. The highest BCUT2D eigenvalue weighted by molar-refractivity contribution is 5.76. The number of hydrogen-bond donors (Lipinski definition) is 0. The van der Waals surface area contributed by atoms with Crippen molar-refractivity contribution in [3.05, 3.63) is 11.8 Å². The van der Waals surface area contributed by atoms with Crippen LogP contribution in [0.2, 0.25) is 0 Å². The van der Waals surface area contributed by atoms with Gasteiger partial charge in [0.2, 0.25) is 0 Å². The molecule has 1 aromatic rings. The quantitative estimate of drug-likeness (QED) is 0.542. The van der Waals surface area contributed by atoms with Crippen LogP contribution in [0.4, 0.5) is 0 Å². The maximum Gasteiger partial charge on any atom is 0.321 e. The van der Waals surface area contributed by atoms with Gasteiger partial charge in [-0.05, 0) is 0 Å². The van der Waals surface area contributed by atoms with Gasteiger partial charge in [-0.2, -0.15) is 0 Å². The van der Waals surface area contributed by atoms with E-state index in [0.29, 0.717) is 11.8 Å². The van der Waals surface area contributed by atoms with E-state index in [9.17, 15) is 4.79 Å². The van der Waals surface area contributed by atoms with E-state index in [1.165, 1.54) is 13.3 Å². The van der Waals surface area contributed by atoms with E-state index in [4.69, 9.17) is 0 Å². The molecular weight excluding hydrogens is 122 g/mol. The van der Waals surface area contributed by atoms with Crippen LogP contribution in [-0.2, 0) is 0 Å². The number of methoxy groups -OCH3 is 1. The van der Waals surface area contributed by atoms with Gasteiger partial charge in [-0.3, -0.25) is 4.79 Å². The summed E-state index contributed by atoms with van der Waals surface area (Å²) in [6, 6.07) is 0. The second kappa shape index (κ2) is 2.30. The molecule has 0 aromatic carbocycles. The number of carbonyl (C=O) groups excluding carboxylic acids is 1. The van der Waals surface area contributed by atoms with Gasteiger partial charge in [0.05, 0.1) is 13.3 Å². The molecule has 0 aliphatic heterocycles. The zero-order chi connectivity index (χ0) is 6.69. The summed E-state index contributed by atoms with van der Waals surface area (Å²) in [6.07, 6.45) is 1.92. The average Bonchev–Trinajstić information content (AvgIpc) is 2.33. The van der Waals surface area contributed by atoms with Crippen molar-refractivity contribution in [2.45, 2.75) is 0 Å². The lowest BCUT2D eigenvalue weighted by Gasteiger charge is -1.87. The predicted molar refractivity (Wildman–Crippen MR) is 28.4 cm³/mol. The molecule has 1 rings (SSSR count). The van der Waals surface area contributed by atoms with Gasteiger partial charge in [-0.15, -0.1) is 0 Å². The summed E-state index contributed by atoms with van der Waals surface area (Å²) in [6.45, 7) is 0. The fourth-order valence-electron chi connectivity index (χ4n) is 0.470. The van der Waals surface area contributed by atoms with Crippen LogP contribution in [0.15, 0.2) is 10.7 Å². The molecule has 0 bridgehead atoms. The van der Waals surface area contributed by atoms with Crippen molar-refractivity contribution in [3.63, 3.8) is 0 Å². The minimum absolute atomic E-state index is 0.157. The van der Waals surface area contributed by atoms with Crippen molar-refractivity contribution in [2.75, 3.05) is 7.11 Å². The molecule has 0 radical (unpaired) electrons. The molecule has 0 N–H and O–H groups in total. The Kier molecular flexibility index (Phi) is 1.48. The average molecular weight is 127 g/mol. The first-order valence-corrected chi connectivity index (χ1v) is 2.32. The summed E-state index contributed by atoms with van der Waals surface area (Å²) < 4.78 is 9.12. The van der Waals surface area contributed by atoms with E-state index in [-0.39, 0.29) is 5.95 Å². The number of ether oxygens (including phenoxy) is 1. The maximum absolute atomic E-state index is 10.1. The normalized spacial score (nSPS) is 9.00. The third-order valence-electron chi connectivity index (χ3n) is 0.875. The lowest BCUT2D eigenvalue weighted by atomic mass is 10.4. The van der Waals surface area contributed by atoms with Crippen LogP contribution in [0, 0.1) is 0 Å². The molecule has 0 amide bonds. The number of nitrogens with zero attached hydrogens (tertiary/aromatic N) is 1. The minimum Gasteiger partial charge on any atom is -0.467 e. The molecule has 0 aliphatic carbocycles. The molecule has 48 valence electrons. The van der Waals surface area contributed by atoms with Crippen molar-refractivity contribution in [1.82, 2.24) is 5.16 Å². The van der Waals surface area contributed by atoms with Crippen LogP contribution in [0.3, 0.4) is 0 Å². The first-order valence-electron chi connectivity index (χ1n) is 2.32. The van der Waals surface area contributed by atoms with Crippen LogP contribution < -0.4 is 4.74 Å². The lowest BCUT2D eigenvalue weighted by Crippen LogP contribution is -1.83. The molecule has 4 heteroatoms. The Labute approximate surface area is 51.4 Å². The van der Waals surface area contributed by atoms with Crippen LogP contribution in [0.5, 0.6) is 5.95 Å². The maximum atomic E-state index is 10.1. The molecular formula is C5H5NO3. The first-order chi connectivity index (χ1) is 4.38. The predicted octanol–water partition coefficient (Wildman–Crippen LogP) is 0.496. The molecule has 0 atom stereocenters. The molecule has 1 aromatic heterocycles. The zero-order valence-corrected chi connectivity index (χ0v) is 4.83. The van der Waals surface area contributed by atoms with Gasteiger partial charge in [0.25, 0.3) is 0 Å². The Morgan fingerprint density at radius 3 is 3.11 bits per heavy atom. The Morgan fingerprint density at radius 2 is 2.67 bits per heavy atom. The Bertz CT molecular complexity index is 206. The van der Waals surface area contributed by atoms with E-state index in [1.807, 2.05) is 0 Å². The monoisotopic (exact) mass is 127 g/mol. The molecule has 9 heavy (non-hydrogen) atoms. The van der Waals surface area contributed by atoms with Gasteiger partial charge in [0.1, 0.15) is 5.56 Å². The summed E-state index contributed by atoms with van der Waals surface area (Å²) in [4.78, 5) is 10.1. The zero-order valence-electron chi connectivity index (χ0n) is 4.83. The van der Waals surface area contributed by atoms with Crippen molar-refractivity contribution >= 4 is 6.29 Å². The van der Waals surface area contributed by atoms with Gasteiger partial charge >= 0.3 is 5.95 Å². The SMILES string of the molecule is COc1oncc1C=O. The number of rotatable bonds is 2. The largest absolute Gasteiger partial charge is 0.467 e. The van der Waals surface area contributed by atoms with Crippen LogP contribution in [0.25, 0.3) is 0 Å². The number of hydrogen-bond acceptors (Lipinski definition) is 4. The van der Waals surface area contributed by atoms with Gasteiger partial charge < -0.3 is 9.26 Å². The van der Waals surface area contributed by atoms with E-state index < -0.39 is 0 Å². The second-order valence-corrected chi connectivity index (χ2v) is 1.39. The topological polar surface area (TPSA) is 52.3 Å². The van der Waals surface area contributed by atoms with Crippen molar-refractivity contribution < 1.29 is 14.1 Å². The number of aromatic nitrogens is 1. The third-order valence-corrected chi connectivity index (χ3v) is 0.875. The summed E-state index contributed by atoms with van der Waals surface area (Å²) in [5, 5.41) is 3.33. The summed E-state index contributed by atoms with van der Waals surface area (Å²) >= 11 is 0. The highest BCUT2D eigenvalue weighted by atomic mass is 16.6. The highest BCUT2D eigenvalue weighted by Crippen LogP contribution is 2.12. The lowest BCUT2D eigenvalue weighted by molar-refractivity contribution is 0.111. The van der Waals surface area contributed by atoms with E-state index in [2.05, 4.69) is 14.4 Å². The fraction of sp³-hybridized carbons (Fsp3) is 0.200. The Morgan fingerprint density at radius 1 is 1.89 bits per heavy atom. The van der Waals surface area contributed by atoms with Crippen LogP contribution >= 0.6 is 0 Å². The third kappa shape index (κ3) is 0.910. The smallest absolute Gasteiger partial charge is 0.321 e. The van der Waals surface area contributed by atoms with E-state index in [0.717, 1.165) is 0 Å². The van der Waals surface area contributed by atoms with Crippen molar-refractivity contribution in [3.8, 4) is 5.95 Å². The number of carbonyl (C=O) groups is 1.